The summed E-state index contributed by atoms with van der Waals surface area (Å²) in [5.74, 6) is -1.34. The van der Waals surface area contributed by atoms with Crippen molar-refractivity contribution < 1.29 is 23.4 Å². The molecule has 0 unspecified atom stereocenters. The van der Waals surface area contributed by atoms with Crippen molar-refractivity contribution in [3.8, 4) is 0 Å². The maximum absolute atomic E-state index is 12.3. The van der Waals surface area contributed by atoms with Gasteiger partial charge in [-0.1, -0.05) is 0 Å². The minimum atomic E-state index is -3.96. The molecule has 1 aromatic carbocycles. The lowest BCUT2D eigenvalue weighted by Crippen LogP contribution is -2.61. The normalized spacial score (nSPS) is 18.8. The number of benzene rings is 1. The zero-order valence-corrected chi connectivity index (χ0v) is 11.0. The Balaban J connectivity index is 2.46. The number of nitrogens with zero attached hydrogens (tertiary/aromatic N) is 1. The predicted molar refractivity (Wildman–Crippen MR) is 67.2 cm³/mol. The molecule has 0 amide bonds. The van der Waals surface area contributed by atoms with E-state index in [1.54, 1.807) is 0 Å². The number of nitrogen functional groups attached to an aromatic ring is 1. The number of aromatic carboxylic acids is 1. The van der Waals surface area contributed by atoms with Crippen LogP contribution in [0.3, 0.4) is 0 Å². The van der Waals surface area contributed by atoms with Crippen LogP contribution < -0.4 is 5.73 Å². The number of nitrogens with two attached hydrogens (primary N) is 1. The van der Waals surface area contributed by atoms with Gasteiger partial charge in [-0.2, -0.15) is 4.31 Å². The number of aliphatic hydroxyl groups is 1. The van der Waals surface area contributed by atoms with E-state index in [2.05, 4.69) is 0 Å². The van der Waals surface area contributed by atoms with Gasteiger partial charge in [-0.25, -0.2) is 13.2 Å². The van der Waals surface area contributed by atoms with E-state index in [1.807, 2.05) is 0 Å². The van der Waals surface area contributed by atoms with E-state index in [0.717, 1.165) is 16.4 Å². The van der Waals surface area contributed by atoms with E-state index in [1.165, 1.54) is 13.0 Å². The van der Waals surface area contributed by atoms with Crippen LogP contribution in [0.25, 0.3) is 0 Å². The molecular formula is C11H14N2O5S. The van der Waals surface area contributed by atoms with Gasteiger partial charge in [0.15, 0.2) is 0 Å². The first-order valence-corrected chi connectivity index (χ1v) is 6.93. The van der Waals surface area contributed by atoms with E-state index < -0.39 is 21.6 Å². The van der Waals surface area contributed by atoms with Gasteiger partial charge in [0, 0.05) is 18.8 Å². The van der Waals surface area contributed by atoms with Crippen molar-refractivity contribution in [1.29, 1.82) is 0 Å². The molecule has 0 radical (unpaired) electrons. The van der Waals surface area contributed by atoms with E-state index in [4.69, 9.17) is 10.8 Å². The molecule has 1 saturated heterocycles. The number of β-amino-alcohol motifs (C(OH)–C–C–N with tert-alkyl or cyclic N) is 1. The molecule has 104 valence electrons. The van der Waals surface area contributed by atoms with Crippen LogP contribution in [-0.4, -0.2) is 47.6 Å². The van der Waals surface area contributed by atoms with E-state index in [0.29, 0.717) is 0 Å². The fourth-order valence-electron chi connectivity index (χ4n) is 1.95. The van der Waals surface area contributed by atoms with Gasteiger partial charge in [0.05, 0.1) is 16.1 Å². The number of hydrogen-bond acceptors (Lipinski definition) is 5. The Hall–Kier alpha value is -1.64. The smallest absolute Gasteiger partial charge is 0.337 e. The van der Waals surface area contributed by atoms with Crippen molar-refractivity contribution in [2.24, 2.45) is 0 Å². The summed E-state index contributed by atoms with van der Waals surface area (Å²) in [6, 6.07) is 3.60. The standard InChI is InChI=1S/C11H14N2O5S/c1-11(16)5-13(6-11)19(17,18)9-4-7(12)2-3-8(9)10(14)15/h2-4,16H,5-6,12H2,1H3,(H,14,15). The topological polar surface area (TPSA) is 121 Å². The Labute approximate surface area is 110 Å². The molecule has 4 N–H and O–H groups in total. The molecular weight excluding hydrogens is 272 g/mol. The number of carbonyl (C=O) groups is 1. The second-order valence-electron chi connectivity index (χ2n) is 4.83. The second-order valence-corrected chi connectivity index (χ2v) is 6.74. The molecule has 19 heavy (non-hydrogen) atoms. The summed E-state index contributed by atoms with van der Waals surface area (Å²) in [6.07, 6.45) is 0. The van der Waals surface area contributed by atoms with Crippen molar-refractivity contribution in [1.82, 2.24) is 4.31 Å². The van der Waals surface area contributed by atoms with Gasteiger partial charge in [-0.3, -0.25) is 0 Å². The molecule has 2 rings (SSSR count). The Morgan fingerprint density at radius 1 is 1.42 bits per heavy atom. The highest BCUT2D eigenvalue weighted by atomic mass is 32.2. The summed E-state index contributed by atoms with van der Waals surface area (Å²) < 4.78 is 25.6. The van der Waals surface area contributed by atoms with Crippen LogP contribution in [0, 0.1) is 0 Å². The molecule has 1 fully saturated rings. The average Bonchev–Trinajstić information content (AvgIpc) is 2.25. The minimum Gasteiger partial charge on any atom is -0.478 e. The van der Waals surface area contributed by atoms with Crippen LogP contribution in [0.4, 0.5) is 5.69 Å². The lowest BCUT2D eigenvalue weighted by atomic mass is 10.0. The number of carboxylic acid groups (broad SMARTS) is 1. The number of rotatable bonds is 3. The third-order valence-corrected chi connectivity index (χ3v) is 4.72. The summed E-state index contributed by atoms with van der Waals surface area (Å²) in [5, 5.41) is 18.6. The average molecular weight is 286 g/mol. The third-order valence-electron chi connectivity index (χ3n) is 2.89. The van der Waals surface area contributed by atoms with Gasteiger partial charge in [0.1, 0.15) is 0 Å². The minimum absolute atomic E-state index is 0.0663. The Kier molecular flexibility index (Phi) is 3.04. The van der Waals surface area contributed by atoms with Crippen molar-refractivity contribution in [2.45, 2.75) is 17.4 Å². The molecule has 1 aliphatic heterocycles. The molecule has 0 aromatic heterocycles. The van der Waals surface area contributed by atoms with Gasteiger partial charge in [0.2, 0.25) is 10.0 Å². The first-order valence-electron chi connectivity index (χ1n) is 5.49. The van der Waals surface area contributed by atoms with Crippen LogP contribution in [0.2, 0.25) is 0 Å². The molecule has 0 atom stereocenters. The van der Waals surface area contributed by atoms with Gasteiger partial charge in [-0.05, 0) is 25.1 Å². The highest BCUT2D eigenvalue weighted by Gasteiger charge is 2.44. The molecule has 0 bridgehead atoms. The zero-order valence-electron chi connectivity index (χ0n) is 10.2. The van der Waals surface area contributed by atoms with E-state index in [9.17, 15) is 18.3 Å². The second kappa shape index (κ2) is 4.19. The van der Waals surface area contributed by atoms with Gasteiger partial charge in [0.25, 0.3) is 0 Å². The SMILES string of the molecule is CC1(O)CN(S(=O)(=O)c2cc(N)ccc2C(=O)O)C1. The van der Waals surface area contributed by atoms with Crippen molar-refractivity contribution in [3.63, 3.8) is 0 Å². The van der Waals surface area contributed by atoms with Crippen molar-refractivity contribution >= 4 is 21.7 Å². The molecule has 1 heterocycles. The lowest BCUT2D eigenvalue weighted by Gasteiger charge is -2.42. The summed E-state index contributed by atoms with van der Waals surface area (Å²) in [7, 11) is -3.96. The van der Waals surface area contributed by atoms with Gasteiger partial charge < -0.3 is 15.9 Å². The van der Waals surface area contributed by atoms with Crippen LogP contribution in [0.15, 0.2) is 23.1 Å². The molecule has 0 spiro atoms. The highest BCUT2D eigenvalue weighted by Crippen LogP contribution is 2.30. The largest absolute Gasteiger partial charge is 0.478 e. The highest BCUT2D eigenvalue weighted by molar-refractivity contribution is 7.89. The maximum Gasteiger partial charge on any atom is 0.337 e. The van der Waals surface area contributed by atoms with E-state index >= 15 is 0 Å². The van der Waals surface area contributed by atoms with Crippen molar-refractivity contribution in [2.75, 3.05) is 18.8 Å². The fourth-order valence-corrected chi connectivity index (χ4v) is 3.84. The molecule has 0 aliphatic carbocycles. The molecule has 8 heteroatoms. The van der Waals surface area contributed by atoms with Crippen LogP contribution in [-0.2, 0) is 10.0 Å². The third kappa shape index (κ3) is 2.42. The summed E-state index contributed by atoms with van der Waals surface area (Å²) in [4.78, 5) is 10.7. The lowest BCUT2D eigenvalue weighted by molar-refractivity contribution is -0.0426. The van der Waals surface area contributed by atoms with Crippen LogP contribution in [0.1, 0.15) is 17.3 Å². The monoisotopic (exact) mass is 286 g/mol. The van der Waals surface area contributed by atoms with Gasteiger partial charge >= 0.3 is 5.97 Å². The van der Waals surface area contributed by atoms with Crippen LogP contribution >= 0.6 is 0 Å². The number of sulfonamides is 1. The zero-order chi connectivity index (χ0) is 14.4. The van der Waals surface area contributed by atoms with Gasteiger partial charge in [-0.15, -0.1) is 0 Å². The molecule has 7 nitrogen and oxygen atoms in total. The quantitative estimate of drug-likeness (QED) is 0.657. The van der Waals surface area contributed by atoms with Crippen LogP contribution in [0.5, 0.6) is 0 Å². The first kappa shape index (κ1) is 13.8. The molecule has 1 aromatic rings. The Morgan fingerprint density at radius 2 is 2.00 bits per heavy atom. The Bertz CT molecular complexity index is 630. The number of hydrogen-bond donors (Lipinski definition) is 3. The van der Waals surface area contributed by atoms with E-state index in [-0.39, 0.29) is 29.2 Å². The molecule has 1 aliphatic rings. The molecule has 0 saturated carbocycles. The fraction of sp³-hybridized carbons (Fsp3) is 0.364. The summed E-state index contributed by atoms with van der Waals surface area (Å²) >= 11 is 0. The predicted octanol–water partition coefficient (Wildman–Crippen LogP) is -0.278. The summed E-state index contributed by atoms with van der Waals surface area (Å²) in [6.45, 7) is 1.38. The van der Waals surface area contributed by atoms with Crippen molar-refractivity contribution in [3.05, 3.63) is 23.8 Å². The first-order chi connectivity index (χ1) is 8.63. The number of carboxylic acids is 1. The maximum atomic E-state index is 12.3. The summed E-state index contributed by atoms with van der Waals surface area (Å²) in [5.41, 5.74) is 4.27. The number of anilines is 1. The Morgan fingerprint density at radius 3 is 2.47 bits per heavy atom.